The molecule has 0 aliphatic carbocycles. The number of hydrogen-bond acceptors (Lipinski definition) is 2. The summed E-state index contributed by atoms with van der Waals surface area (Å²) in [7, 11) is 0. The van der Waals surface area contributed by atoms with Crippen LogP contribution in [0.4, 0.5) is 13.2 Å². The summed E-state index contributed by atoms with van der Waals surface area (Å²) in [6, 6.07) is 3.12. The van der Waals surface area contributed by atoms with Crippen molar-refractivity contribution in [2.24, 2.45) is 0 Å². The van der Waals surface area contributed by atoms with Gasteiger partial charge in [-0.1, -0.05) is 18.2 Å². The minimum absolute atomic E-state index is 0.185. The molecule has 0 radical (unpaired) electrons. The van der Waals surface area contributed by atoms with E-state index in [2.05, 4.69) is 11.9 Å². The molecule has 0 saturated carbocycles. The van der Waals surface area contributed by atoms with Crippen LogP contribution in [0.2, 0.25) is 0 Å². The fourth-order valence-corrected chi connectivity index (χ4v) is 1.78. The second-order valence-corrected chi connectivity index (χ2v) is 4.70. The standard InChI is InChI=1S/C15H16F3NO3/c1-2-3-4-12(14(21)22)19-13(20)9-10-5-7-11(8-6-10)15(16,17)18/h2,5-8,12H,1,3-4,9H2,(H,19,20)(H,21,22). The van der Waals surface area contributed by atoms with Gasteiger partial charge in [-0.05, 0) is 30.5 Å². The van der Waals surface area contributed by atoms with Gasteiger partial charge in [0, 0.05) is 0 Å². The van der Waals surface area contributed by atoms with Gasteiger partial charge >= 0.3 is 12.1 Å². The van der Waals surface area contributed by atoms with Crippen LogP contribution >= 0.6 is 0 Å². The molecule has 4 nitrogen and oxygen atoms in total. The second kappa shape index (κ2) is 7.63. The molecule has 0 bridgehead atoms. The maximum Gasteiger partial charge on any atom is 0.416 e. The summed E-state index contributed by atoms with van der Waals surface area (Å²) in [5.74, 6) is -1.72. The number of benzene rings is 1. The molecular formula is C15H16F3NO3. The first-order valence-corrected chi connectivity index (χ1v) is 6.53. The Morgan fingerprint density at radius 2 is 1.86 bits per heavy atom. The van der Waals surface area contributed by atoms with Gasteiger partial charge in [0.05, 0.1) is 12.0 Å². The molecule has 0 aromatic heterocycles. The van der Waals surface area contributed by atoms with Crippen LogP contribution in [0, 0.1) is 0 Å². The van der Waals surface area contributed by atoms with E-state index in [4.69, 9.17) is 5.11 Å². The Hall–Kier alpha value is -2.31. The predicted molar refractivity (Wildman–Crippen MR) is 74.1 cm³/mol. The minimum atomic E-state index is -4.43. The summed E-state index contributed by atoms with van der Waals surface area (Å²) in [5.41, 5.74) is -0.426. The topological polar surface area (TPSA) is 66.4 Å². The van der Waals surface area contributed by atoms with Crippen molar-refractivity contribution in [3.05, 3.63) is 48.0 Å². The molecule has 0 aliphatic rings. The molecule has 1 rings (SSSR count). The predicted octanol–water partition coefficient (Wildman–Crippen LogP) is 2.78. The average molecular weight is 315 g/mol. The number of halogens is 3. The van der Waals surface area contributed by atoms with Crippen molar-refractivity contribution in [2.45, 2.75) is 31.5 Å². The fraction of sp³-hybridized carbons (Fsp3) is 0.333. The molecule has 0 heterocycles. The Morgan fingerprint density at radius 1 is 1.27 bits per heavy atom. The maximum absolute atomic E-state index is 12.4. The number of allylic oxidation sites excluding steroid dienone is 1. The van der Waals surface area contributed by atoms with Gasteiger partial charge in [0.1, 0.15) is 6.04 Å². The van der Waals surface area contributed by atoms with Gasteiger partial charge in [0.25, 0.3) is 0 Å². The van der Waals surface area contributed by atoms with Gasteiger partial charge in [0.15, 0.2) is 0 Å². The first-order valence-electron chi connectivity index (χ1n) is 6.53. The number of nitrogens with one attached hydrogen (secondary N) is 1. The lowest BCUT2D eigenvalue weighted by Crippen LogP contribution is -2.41. The Bertz CT molecular complexity index is 538. The van der Waals surface area contributed by atoms with Gasteiger partial charge in [-0.3, -0.25) is 4.79 Å². The van der Waals surface area contributed by atoms with Crippen LogP contribution in [-0.4, -0.2) is 23.0 Å². The van der Waals surface area contributed by atoms with Crippen LogP contribution in [0.25, 0.3) is 0 Å². The van der Waals surface area contributed by atoms with Gasteiger partial charge in [-0.15, -0.1) is 6.58 Å². The number of alkyl halides is 3. The van der Waals surface area contributed by atoms with E-state index < -0.39 is 29.7 Å². The number of carboxylic acids is 1. The first-order chi connectivity index (χ1) is 10.2. The lowest BCUT2D eigenvalue weighted by Gasteiger charge is -2.14. The number of carbonyl (C=O) groups excluding carboxylic acids is 1. The summed E-state index contributed by atoms with van der Waals surface area (Å²) in [5, 5.41) is 11.3. The lowest BCUT2D eigenvalue weighted by atomic mass is 10.1. The SMILES string of the molecule is C=CCCC(NC(=O)Cc1ccc(C(F)(F)F)cc1)C(=O)O. The molecule has 1 atom stereocenters. The summed E-state index contributed by atoms with van der Waals surface area (Å²) in [6.07, 6.45) is -2.44. The van der Waals surface area contributed by atoms with Crippen molar-refractivity contribution < 1.29 is 27.9 Å². The van der Waals surface area contributed by atoms with Crippen molar-refractivity contribution in [3.63, 3.8) is 0 Å². The molecule has 120 valence electrons. The summed E-state index contributed by atoms with van der Waals surface area (Å²) in [6.45, 7) is 3.47. The van der Waals surface area contributed by atoms with Crippen LogP contribution in [0.3, 0.4) is 0 Å². The van der Waals surface area contributed by atoms with E-state index in [0.29, 0.717) is 12.0 Å². The number of hydrogen-bond donors (Lipinski definition) is 2. The van der Waals surface area contributed by atoms with Gasteiger partial charge in [-0.2, -0.15) is 13.2 Å². The zero-order valence-electron chi connectivity index (χ0n) is 11.7. The maximum atomic E-state index is 12.4. The molecule has 0 saturated heterocycles. The van der Waals surface area contributed by atoms with E-state index in [9.17, 15) is 22.8 Å². The van der Waals surface area contributed by atoms with Crippen LogP contribution < -0.4 is 5.32 Å². The van der Waals surface area contributed by atoms with E-state index in [1.807, 2.05) is 0 Å². The largest absolute Gasteiger partial charge is 0.480 e. The molecule has 2 N–H and O–H groups in total. The highest BCUT2D eigenvalue weighted by atomic mass is 19.4. The number of carbonyl (C=O) groups is 2. The van der Waals surface area contributed by atoms with Gasteiger partial charge < -0.3 is 10.4 Å². The van der Waals surface area contributed by atoms with Crippen molar-refractivity contribution in [1.82, 2.24) is 5.32 Å². The molecular weight excluding hydrogens is 299 g/mol. The van der Waals surface area contributed by atoms with Crippen molar-refractivity contribution in [3.8, 4) is 0 Å². The summed E-state index contributed by atoms with van der Waals surface area (Å²) in [4.78, 5) is 22.7. The van der Waals surface area contributed by atoms with Crippen molar-refractivity contribution >= 4 is 11.9 Å². The van der Waals surface area contributed by atoms with Crippen molar-refractivity contribution in [1.29, 1.82) is 0 Å². The van der Waals surface area contributed by atoms with E-state index >= 15 is 0 Å². The van der Waals surface area contributed by atoms with E-state index in [-0.39, 0.29) is 12.8 Å². The highest BCUT2D eigenvalue weighted by Gasteiger charge is 2.30. The fourth-order valence-electron chi connectivity index (χ4n) is 1.78. The number of rotatable bonds is 7. The van der Waals surface area contributed by atoms with E-state index in [1.54, 1.807) is 0 Å². The summed E-state index contributed by atoms with van der Waals surface area (Å²) >= 11 is 0. The average Bonchev–Trinajstić information content (AvgIpc) is 2.42. The van der Waals surface area contributed by atoms with E-state index in [0.717, 1.165) is 12.1 Å². The van der Waals surface area contributed by atoms with Crippen LogP contribution in [0.5, 0.6) is 0 Å². The zero-order chi connectivity index (χ0) is 16.8. The first kappa shape index (κ1) is 17.7. The molecule has 0 spiro atoms. The van der Waals surface area contributed by atoms with Crippen molar-refractivity contribution in [2.75, 3.05) is 0 Å². The number of aliphatic carboxylic acids is 1. The molecule has 7 heteroatoms. The molecule has 0 fully saturated rings. The highest BCUT2D eigenvalue weighted by molar-refractivity contribution is 5.84. The van der Waals surface area contributed by atoms with Gasteiger partial charge in [-0.25, -0.2) is 4.79 Å². The molecule has 1 amide bonds. The van der Waals surface area contributed by atoms with E-state index in [1.165, 1.54) is 18.2 Å². The highest BCUT2D eigenvalue weighted by Crippen LogP contribution is 2.29. The lowest BCUT2D eigenvalue weighted by molar-refractivity contribution is -0.142. The normalized spacial score (nSPS) is 12.5. The molecule has 1 aromatic rings. The molecule has 22 heavy (non-hydrogen) atoms. The van der Waals surface area contributed by atoms with Crippen LogP contribution in [0.15, 0.2) is 36.9 Å². The Labute approximate surface area is 125 Å². The van der Waals surface area contributed by atoms with Crippen LogP contribution in [-0.2, 0) is 22.2 Å². The molecule has 1 aromatic carbocycles. The Morgan fingerprint density at radius 3 is 2.32 bits per heavy atom. The Balaban J connectivity index is 2.64. The quantitative estimate of drug-likeness (QED) is 0.760. The summed E-state index contributed by atoms with van der Waals surface area (Å²) < 4.78 is 37.2. The number of amides is 1. The van der Waals surface area contributed by atoms with Crippen LogP contribution in [0.1, 0.15) is 24.0 Å². The zero-order valence-corrected chi connectivity index (χ0v) is 11.7. The second-order valence-electron chi connectivity index (χ2n) is 4.70. The third kappa shape index (κ3) is 5.59. The molecule has 1 unspecified atom stereocenters. The van der Waals surface area contributed by atoms with Gasteiger partial charge in [0.2, 0.25) is 5.91 Å². The molecule has 0 aliphatic heterocycles. The third-order valence-corrected chi connectivity index (χ3v) is 2.94. The number of carboxylic acid groups (broad SMARTS) is 1. The smallest absolute Gasteiger partial charge is 0.416 e. The minimum Gasteiger partial charge on any atom is -0.480 e. The Kier molecular flexibility index (Phi) is 6.15. The third-order valence-electron chi connectivity index (χ3n) is 2.94. The monoisotopic (exact) mass is 315 g/mol.